The predicted molar refractivity (Wildman–Crippen MR) is 88.8 cm³/mol. The van der Waals surface area contributed by atoms with E-state index in [0.717, 1.165) is 32.1 Å². The summed E-state index contributed by atoms with van der Waals surface area (Å²) in [5.41, 5.74) is 3.89. The highest BCUT2D eigenvalue weighted by molar-refractivity contribution is 5.63. The molecule has 0 saturated heterocycles. The van der Waals surface area contributed by atoms with Crippen molar-refractivity contribution < 1.29 is 0 Å². The first-order valence-electron chi connectivity index (χ1n) is 7.87. The molecule has 0 bridgehead atoms. The second kappa shape index (κ2) is 8.27. The lowest BCUT2D eigenvalue weighted by molar-refractivity contribution is 0.526. The molecule has 1 unspecified atom stereocenters. The molecule has 0 fully saturated rings. The molecule has 0 amide bonds. The third kappa shape index (κ3) is 4.76. The Labute approximate surface area is 128 Å². The molecule has 0 aliphatic rings. The first kappa shape index (κ1) is 15.3. The van der Waals surface area contributed by atoms with E-state index in [4.69, 9.17) is 5.26 Å². The van der Waals surface area contributed by atoms with E-state index in [0.29, 0.717) is 0 Å². The van der Waals surface area contributed by atoms with Crippen LogP contribution in [0.5, 0.6) is 0 Å². The van der Waals surface area contributed by atoms with Crippen molar-refractivity contribution in [3.05, 3.63) is 60.2 Å². The Morgan fingerprint density at radius 1 is 0.905 bits per heavy atom. The van der Waals surface area contributed by atoms with Gasteiger partial charge in [0.25, 0.3) is 0 Å². The average molecular weight is 277 g/mol. The zero-order chi connectivity index (χ0) is 14.9. The van der Waals surface area contributed by atoms with Gasteiger partial charge < -0.3 is 0 Å². The Morgan fingerprint density at radius 3 is 2.19 bits per heavy atom. The summed E-state index contributed by atoms with van der Waals surface area (Å²) in [6, 6.07) is 21.7. The summed E-state index contributed by atoms with van der Waals surface area (Å²) in [5.74, 6) is 0.235. The lowest BCUT2D eigenvalue weighted by atomic mass is 9.96. The minimum atomic E-state index is 0.235. The molecule has 2 rings (SSSR count). The third-order valence-corrected chi connectivity index (χ3v) is 3.90. The number of hydrogen-bond donors (Lipinski definition) is 0. The van der Waals surface area contributed by atoms with E-state index in [9.17, 15) is 0 Å². The topological polar surface area (TPSA) is 23.8 Å². The third-order valence-electron chi connectivity index (χ3n) is 3.90. The molecule has 2 aromatic carbocycles. The van der Waals surface area contributed by atoms with Crippen LogP contribution in [-0.2, 0) is 6.42 Å². The lowest BCUT2D eigenvalue weighted by Gasteiger charge is -2.08. The second-order valence-electron chi connectivity index (χ2n) is 5.57. The van der Waals surface area contributed by atoms with Crippen molar-refractivity contribution in [1.82, 2.24) is 0 Å². The average Bonchev–Trinajstić information content (AvgIpc) is 2.55. The number of nitriles is 1. The lowest BCUT2D eigenvalue weighted by Crippen LogP contribution is -1.97. The van der Waals surface area contributed by atoms with Gasteiger partial charge in [0, 0.05) is 5.92 Å². The van der Waals surface area contributed by atoms with Crippen molar-refractivity contribution in [2.24, 2.45) is 5.92 Å². The molecular formula is C20H23N. The van der Waals surface area contributed by atoms with Gasteiger partial charge in [-0.15, -0.1) is 0 Å². The molecule has 0 heterocycles. The summed E-state index contributed by atoms with van der Waals surface area (Å²) in [7, 11) is 0. The zero-order valence-electron chi connectivity index (χ0n) is 12.8. The fourth-order valence-electron chi connectivity index (χ4n) is 2.67. The molecular weight excluding hydrogens is 254 g/mol. The Balaban J connectivity index is 1.87. The van der Waals surface area contributed by atoms with E-state index in [1.54, 1.807) is 0 Å². The minimum Gasteiger partial charge on any atom is -0.198 e. The van der Waals surface area contributed by atoms with Crippen LogP contribution in [0.1, 0.15) is 38.2 Å². The van der Waals surface area contributed by atoms with Gasteiger partial charge in [-0.1, -0.05) is 67.9 Å². The summed E-state index contributed by atoms with van der Waals surface area (Å²) in [5, 5.41) is 9.07. The Morgan fingerprint density at radius 2 is 1.57 bits per heavy atom. The number of nitrogens with zero attached hydrogens (tertiary/aromatic N) is 1. The molecule has 0 aromatic heterocycles. The van der Waals surface area contributed by atoms with Crippen molar-refractivity contribution >= 4 is 0 Å². The molecule has 0 aliphatic carbocycles. The van der Waals surface area contributed by atoms with E-state index in [1.165, 1.54) is 16.7 Å². The van der Waals surface area contributed by atoms with Crippen LogP contribution in [0.25, 0.3) is 11.1 Å². The van der Waals surface area contributed by atoms with Gasteiger partial charge >= 0.3 is 0 Å². The highest BCUT2D eigenvalue weighted by Crippen LogP contribution is 2.20. The SMILES string of the molecule is CCCC(C#N)CCCc1ccc(-c2ccccc2)cc1. The van der Waals surface area contributed by atoms with Crippen LogP contribution in [0.2, 0.25) is 0 Å². The van der Waals surface area contributed by atoms with E-state index >= 15 is 0 Å². The van der Waals surface area contributed by atoms with Crippen LogP contribution < -0.4 is 0 Å². The molecule has 0 N–H and O–H groups in total. The van der Waals surface area contributed by atoms with E-state index in [-0.39, 0.29) is 5.92 Å². The monoisotopic (exact) mass is 277 g/mol. The Kier molecular flexibility index (Phi) is 6.03. The van der Waals surface area contributed by atoms with Gasteiger partial charge in [-0.2, -0.15) is 5.26 Å². The molecule has 2 aromatic rings. The van der Waals surface area contributed by atoms with Gasteiger partial charge in [0.05, 0.1) is 6.07 Å². The number of rotatable bonds is 7. The van der Waals surface area contributed by atoms with Crippen molar-refractivity contribution in [3.63, 3.8) is 0 Å². The normalized spacial score (nSPS) is 11.8. The molecule has 0 aliphatic heterocycles. The van der Waals surface area contributed by atoms with Crippen LogP contribution in [0.4, 0.5) is 0 Å². The highest BCUT2D eigenvalue weighted by Gasteiger charge is 2.05. The molecule has 0 radical (unpaired) electrons. The molecule has 108 valence electrons. The van der Waals surface area contributed by atoms with Gasteiger partial charge in [0.15, 0.2) is 0 Å². The van der Waals surface area contributed by atoms with Gasteiger partial charge in [0.1, 0.15) is 0 Å². The fourth-order valence-corrected chi connectivity index (χ4v) is 2.67. The number of benzene rings is 2. The van der Waals surface area contributed by atoms with Crippen LogP contribution in [0.3, 0.4) is 0 Å². The summed E-state index contributed by atoms with van der Waals surface area (Å²) in [6.45, 7) is 2.15. The van der Waals surface area contributed by atoms with Crippen molar-refractivity contribution in [3.8, 4) is 17.2 Å². The maximum Gasteiger partial charge on any atom is 0.0655 e. The van der Waals surface area contributed by atoms with E-state index < -0.39 is 0 Å². The number of hydrogen-bond acceptors (Lipinski definition) is 1. The first-order valence-corrected chi connectivity index (χ1v) is 7.87. The molecule has 0 saturated carbocycles. The van der Waals surface area contributed by atoms with Crippen LogP contribution in [0.15, 0.2) is 54.6 Å². The van der Waals surface area contributed by atoms with Gasteiger partial charge in [-0.25, -0.2) is 0 Å². The van der Waals surface area contributed by atoms with Crippen LogP contribution >= 0.6 is 0 Å². The molecule has 21 heavy (non-hydrogen) atoms. The molecule has 1 nitrogen and oxygen atoms in total. The molecule has 1 atom stereocenters. The van der Waals surface area contributed by atoms with Crippen molar-refractivity contribution in [2.45, 2.75) is 39.0 Å². The predicted octanol–water partition coefficient (Wildman–Crippen LogP) is 5.62. The minimum absolute atomic E-state index is 0.235. The number of aryl methyl sites for hydroxylation is 1. The smallest absolute Gasteiger partial charge is 0.0655 e. The summed E-state index contributed by atoms with van der Waals surface area (Å²) in [4.78, 5) is 0. The summed E-state index contributed by atoms with van der Waals surface area (Å²) >= 11 is 0. The Bertz CT molecular complexity index is 563. The van der Waals surface area contributed by atoms with E-state index in [2.05, 4.69) is 61.5 Å². The highest BCUT2D eigenvalue weighted by atomic mass is 14.3. The van der Waals surface area contributed by atoms with Gasteiger partial charge in [0.2, 0.25) is 0 Å². The van der Waals surface area contributed by atoms with Crippen LogP contribution in [-0.4, -0.2) is 0 Å². The second-order valence-corrected chi connectivity index (χ2v) is 5.57. The molecule has 0 spiro atoms. The zero-order valence-corrected chi connectivity index (χ0v) is 12.8. The summed E-state index contributed by atoms with van der Waals surface area (Å²) in [6.07, 6.45) is 5.32. The van der Waals surface area contributed by atoms with Crippen molar-refractivity contribution in [2.75, 3.05) is 0 Å². The Hall–Kier alpha value is -2.07. The van der Waals surface area contributed by atoms with Crippen LogP contribution in [0, 0.1) is 17.2 Å². The maximum absolute atomic E-state index is 9.07. The first-order chi connectivity index (χ1) is 10.3. The van der Waals surface area contributed by atoms with Gasteiger partial charge in [-0.05, 0) is 42.4 Å². The van der Waals surface area contributed by atoms with Crippen molar-refractivity contribution in [1.29, 1.82) is 5.26 Å². The van der Waals surface area contributed by atoms with E-state index in [1.807, 2.05) is 6.07 Å². The fraction of sp³-hybridized carbons (Fsp3) is 0.350. The summed E-state index contributed by atoms with van der Waals surface area (Å²) < 4.78 is 0. The van der Waals surface area contributed by atoms with Gasteiger partial charge in [-0.3, -0.25) is 0 Å². The maximum atomic E-state index is 9.07. The largest absolute Gasteiger partial charge is 0.198 e. The molecule has 1 heteroatoms. The standard InChI is InChI=1S/C20H23N/c1-2-7-18(16-21)9-6-8-17-12-14-20(15-13-17)19-10-4-3-5-11-19/h3-5,10-15,18H,2,6-9H2,1H3. The quantitative estimate of drug-likeness (QED) is 0.644.